The van der Waals surface area contributed by atoms with Crippen molar-refractivity contribution in [1.82, 2.24) is 4.90 Å². The summed E-state index contributed by atoms with van der Waals surface area (Å²) in [4.78, 5) is 15.0. The van der Waals surface area contributed by atoms with Gasteiger partial charge in [0, 0.05) is 11.4 Å². The van der Waals surface area contributed by atoms with Crippen LogP contribution in [0.1, 0.15) is 10.4 Å². The molecule has 0 aromatic heterocycles. The second-order valence-corrected chi connectivity index (χ2v) is 4.39. The van der Waals surface area contributed by atoms with Crippen molar-refractivity contribution in [3.63, 3.8) is 0 Å². The molecule has 2 heterocycles. The molecule has 15 heavy (non-hydrogen) atoms. The third kappa shape index (κ3) is 1.31. The molecule has 74 valence electrons. The third-order valence-electron chi connectivity index (χ3n) is 2.56. The molecule has 0 aliphatic carbocycles. The van der Waals surface area contributed by atoms with E-state index in [9.17, 15) is 4.79 Å². The lowest BCUT2D eigenvalue weighted by Gasteiger charge is -2.16. The van der Waals surface area contributed by atoms with Crippen LogP contribution in [0.5, 0.6) is 0 Å². The van der Waals surface area contributed by atoms with Crippen molar-refractivity contribution >= 4 is 17.7 Å². The fourth-order valence-corrected chi connectivity index (χ4v) is 2.69. The van der Waals surface area contributed by atoms with Crippen LogP contribution in [0.4, 0.5) is 0 Å². The number of allylic oxidation sites excluding steroid dienone is 1. The van der Waals surface area contributed by atoms with Gasteiger partial charge in [0.1, 0.15) is 0 Å². The summed E-state index contributed by atoms with van der Waals surface area (Å²) in [5, 5.41) is 2.03. The van der Waals surface area contributed by atoms with E-state index in [4.69, 9.17) is 0 Å². The second kappa shape index (κ2) is 3.28. The minimum atomic E-state index is 0.104. The predicted molar refractivity (Wildman–Crippen MR) is 60.6 cm³/mol. The Hall–Kier alpha value is -1.48. The van der Waals surface area contributed by atoms with Crippen LogP contribution < -0.4 is 0 Å². The van der Waals surface area contributed by atoms with E-state index in [-0.39, 0.29) is 5.91 Å². The maximum atomic E-state index is 12.1. The van der Waals surface area contributed by atoms with Crippen LogP contribution in [0.25, 0.3) is 0 Å². The summed E-state index contributed by atoms with van der Waals surface area (Å²) in [5.41, 5.74) is 1.80. The molecule has 0 atom stereocenters. The van der Waals surface area contributed by atoms with Gasteiger partial charge in [0.15, 0.2) is 0 Å². The Labute approximate surface area is 92.3 Å². The van der Waals surface area contributed by atoms with Crippen molar-refractivity contribution in [3.8, 4) is 0 Å². The fraction of sp³-hybridized carbons (Fsp3) is 0.0833. The summed E-state index contributed by atoms with van der Waals surface area (Å²) >= 11 is 1.61. The molecule has 0 N–H and O–H groups in total. The van der Waals surface area contributed by atoms with E-state index in [1.54, 1.807) is 16.7 Å². The Bertz CT molecular complexity index is 490. The van der Waals surface area contributed by atoms with Gasteiger partial charge in [0.05, 0.1) is 11.3 Å². The molecule has 0 radical (unpaired) electrons. The lowest BCUT2D eigenvalue weighted by molar-refractivity contribution is 0.0828. The quantitative estimate of drug-likeness (QED) is 0.663. The molecule has 0 unspecified atom stereocenters. The summed E-state index contributed by atoms with van der Waals surface area (Å²) in [5.74, 6) is 0.104. The highest BCUT2D eigenvalue weighted by atomic mass is 32.2. The van der Waals surface area contributed by atoms with Crippen molar-refractivity contribution in [2.24, 2.45) is 0 Å². The highest BCUT2D eigenvalue weighted by Gasteiger charge is 2.25. The van der Waals surface area contributed by atoms with Crippen LogP contribution in [0, 0.1) is 0 Å². The van der Waals surface area contributed by atoms with E-state index in [0.29, 0.717) is 6.54 Å². The van der Waals surface area contributed by atoms with Gasteiger partial charge in [-0.15, -0.1) is 0 Å². The zero-order chi connectivity index (χ0) is 10.3. The maximum Gasteiger partial charge on any atom is 0.259 e. The Morgan fingerprint density at radius 1 is 1.27 bits per heavy atom. The van der Waals surface area contributed by atoms with Crippen LogP contribution in [-0.4, -0.2) is 17.4 Å². The van der Waals surface area contributed by atoms with Gasteiger partial charge in [-0.3, -0.25) is 4.79 Å². The Balaban J connectivity index is 2.14. The number of fused-ring (bicyclic) bond motifs is 2. The van der Waals surface area contributed by atoms with E-state index < -0.39 is 0 Å². The van der Waals surface area contributed by atoms with Crippen molar-refractivity contribution in [2.45, 2.75) is 4.90 Å². The normalized spacial score (nSPS) is 18.3. The number of amides is 1. The predicted octanol–water partition coefficient (Wildman–Crippen LogP) is 2.65. The highest BCUT2D eigenvalue weighted by Crippen LogP contribution is 2.32. The lowest BCUT2D eigenvalue weighted by Crippen LogP contribution is -2.26. The van der Waals surface area contributed by atoms with Gasteiger partial charge in [0.2, 0.25) is 0 Å². The van der Waals surface area contributed by atoms with Gasteiger partial charge in [-0.1, -0.05) is 30.0 Å². The van der Waals surface area contributed by atoms with Crippen molar-refractivity contribution in [2.75, 3.05) is 6.54 Å². The maximum absolute atomic E-state index is 12.1. The molecule has 0 saturated heterocycles. The van der Waals surface area contributed by atoms with Gasteiger partial charge in [-0.25, -0.2) is 0 Å². The average Bonchev–Trinajstić information content (AvgIpc) is 2.69. The standard InChI is InChI=1S/C12H9NOS/c14-12-10-5-1-2-6-11(10)15-8-9-4-3-7-13(9)12/h1-6,8H,7H2. The number of nitrogens with zero attached hydrogens (tertiary/aromatic N) is 1. The lowest BCUT2D eigenvalue weighted by atomic mass is 10.2. The summed E-state index contributed by atoms with van der Waals surface area (Å²) in [7, 11) is 0. The molecular weight excluding hydrogens is 206 g/mol. The Kier molecular flexibility index (Phi) is 1.92. The van der Waals surface area contributed by atoms with Crippen molar-refractivity contribution in [1.29, 1.82) is 0 Å². The molecule has 0 saturated carbocycles. The first kappa shape index (κ1) is 8.80. The molecule has 1 aromatic rings. The third-order valence-corrected chi connectivity index (χ3v) is 3.53. The van der Waals surface area contributed by atoms with Crippen molar-refractivity contribution in [3.05, 3.63) is 53.1 Å². The molecule has 0 bridgehead atoms. The number of carbonyl (C=O) groups excluding carboxylic acids is 1. The van der Waals surface area contributed by atoms with Gasteiger partial charge < -0.3 is 4.90 Å². The first-order valence-corrected chi connectivity index (χ1v) is 5.68. The van der Waals surface area contributed by atoms with Crippen LogP contribution >= 0.6 is 11.8 Å². The van der Waals surface area contributed by atoms with Gasteiger partial charge in [-0.05, 0) is 23.6 Å². The second-order valence-electron chi connectivity index (χ2n) is 3.47. The van der Waals surface area contributed by atoms with E-state index in [1.165, 1.54) is 0 Å². The highest BCUT2D eigenvalue weighted by molar-refractivity contribution is 8.02. The summed E-state index contributed by atoms with van der Waals surface area (Å²) in [6, 6.07) is 7.75. The molecule has 2 nitrogen and oxygen atoms in total. The van der Waals surface area contributed by atoms with E-state index >= 15 is 0 Å². The number of hydrogen-bond donors (Lipinski definition) is 0. The van der Waals surface area contributed by atoms with E-state index in [0.717, 1.165) is 16.2 Å². The summed E-state index contributed by atoms with van der Waals surface area (Å²) in [6.07, 6.45) is 4.01. The first-order chi connectivity index (χ1) is 7.36. The zero-order valence-electron chi connectivity index (χ0n) is 8.01. The Morgan fingerprint density at radius 3 is 3.07 bits per heavy atom. The molecule has 2 aliphatic rings. The van der Waals surface area contributed by atoms with Gasteiger partial charge >= 0.3 is 0 Å². The first-order valence-electron chi connectivity index (χ1n) is 4.80. The molecule has 3 rings (SSSR count). The molecule has 0 spiro atoms. The topological polar surface area (TPSA) is 20.3 Å². The fourth-order valence-electron chi connectivity index (χ4n) is 1.79. The number of thioether (sulfide) groups is 1. The number of benzene rings is 1. The van der Waals surface area contributed by atoms with Crippen LogP contribution in [0.2, 0.25) is 0 Å². The summed E-state index contributed by atoms with van der Waals surface area (Å²) < 4.78 is 0. The average molecular weight is 215 g/mol. The van der Waals surface area contributed by atoms with Crippen LogP contribution in [-0.2, 0) is 0 Å². The minimum Gasteiger partial charge on any atom is -0.304 e. The molecule has 2 aliphatic heterocycles. The van der Waals surface area contributed by atoms with Crippen molar-refractivity contribution < 1.29 is 4.79 Å². The number of hydrogen-bond acceptors (Lipinski definition) is 2. The minimum absolute atomic E-state index is 0.104. The smallest absolute Gasteiger partial charge is 0.259 e. The molecule has 1 aromatic carbocycles. The molecular formula is C12H9NOS. The van der Waals surface area contributed by atoms with Gasteiger partial charge in [-0.2, -0.15) is 0 Å². The number of carbonyl (C=O) groups is 1. The van der Waals surface area contributed by atoms with Crippen LogP contribution in [0.15, 0.2) is 52.4 Å². The Morgan fingerprint density at radius 2 is 2.13 bits per heavy atom. The molecule has 3 heteroatoms. The SMILES string of the molecule is O=C1c2ccccc2SC=C2C=CCN12. The van der Waals surface area contributed by atoms with E-state index in [2.05, 4.69) is 0 Å². The largest absolute Gasteiger partial charge is 0.304 e. The van der Waals surface area contributed by atoms with Crippen LogP contribution in [0.3, 0.4) is 0 Å². The monoisotopic (exact) mass is 215 g/mol. The molecule has 0 fully saturated rings. The number of rotatable bonds is 0. The van der Waals surface area contributed by atoms with Gasteiger partial charge in [0.25, 0.3) is 5.91 Å². The summed E-state index contributed by atoms with van der Waals surface area (Å²) in [6.45, 7) is 0.694. The zero-order valence-corrected chi connectivity index (χ0v) is 8.83. The molecule has 1 amide bonds. The van der Waals surface area contributed by atoms with E-state index in [1.807, 2.05) is 41.8 Å².